The summed E-state index contributed by atoms with van der Waals surface area (Å²) in [5.74, 6) is 3.35. The van der Waals surface area contributed by atoms with Crippen LogP contribution in [-0.4, -0.2) is 35.1 Å². The molecule has 1 amide bonds. The minimum atomic E-state index is 0.00832. The Balaban J connectivity index is 1.84. The van der Waals surface area contributed by atoms with Crippen molar-refractivity contribution in [3.8, 4) is 0 Å². The SMILES string of the molecule is CC1CC1c1ccc(CCC(=O)N(CCO)C(C)C)o1. The van der Waals surface area contributed by atoms with Crippen LogP contribution >= 0.6 is 0 Å². The van der Waals surface area contributed by atoms with Crippen LogP contribution in [0.1, 0.15) is 51.1 Å². The van der Waals surface area contributed by atoms with E-state index in [0.29, 0.717) is 25.3 Å². The average Bonchev–Trinajstić information content (AvgIpc) is 2.95. The van der Waals surface area contributed by atoms with Gasteiger partial charge in [-0.05, 0) is 38.3 Å². The van der Waals surface area contributed by atoms with Crippen LogP contribution in [0.3, 0.4) is 0 Å². The topological polar surface area (TPSA) is 53.7 Å². The Morgan fingerprint density at radius 1 is 1.50 bits per heavy atom. The van der Waals surface area contributed by atoms with E-state index in [-0.39, 0.29) is 18.6 Å². The molecule has 1 aromatic heterocycles. The van der Waals surface area contributed by atoms with E-state index in [4.69, 9.17) is 9.52 Å². The molecule has 2 unspecified atom stereocenters. The monoisotopic (exact) mass is 279 g/mol. The second-order valence-electron chi connectivity index (χ2n) is 6.03. The first-order valence-corrected chi connectivity index (χ1v) is 7.51. The minimum Gasteiger partial charge on any atom is -0.466 e. The summed E-state index contributed by atoms with van der Waals surface area (Å²) in [6.07, 6.45) is 2.28. The highest BCUT2D eigenvalue weighted by molar-refractivity contribution is 5.76. The van der Waals surface area contributed by atoms with Gasteiger partial charge in [0.1, 0.15) is 11.5 Å². The fourth-order valence-electron chi connectivity index (χ4n) is 2.60. The van der Waals surface area contributed by atoms with Crippen molar-refractivity contribution in [3.63, 3.8) is 0 Å². The van der Waals surface area contributed by atoms with E-state index in [0.717, 1.165) is 17.4 Å². The number of hydrogen-bond acceptors (Lipinski definition) is 3. The fraction of sp³-hybridized carbons (Fsp3) is 0.688. The Labute approximate surface area is 120 Å². The van der Waals surface area contributed by atoms with Gasteiger partial charge < -0.3 is 14.4 Å². The fourth-order valence-corrected chi connectivity index (χ4v) is 2.60. The zero-order chi connectivity index (χ0) is 14.7. The number of nitrogens with zero attached hydrogens (tertiary/aromatic N) is 1. The molecular formula is C16H25NO3. The third-order valence-corrected chi connectivity index (χ3v) is 4.03. The van der Waals surface area contributed by atoms with Crippen molar-refractivity contribution in [1.29, 1.82) is 0 Å². The van der Waals surface area contributed by atoms with Crippen molar-refractivity contribution in [2.75, 3.05) is 13.2 Å². The van der Waals surface area contributed by atoms with E-state index in [9.17, 15) is 4.79 Å². The molecule has 4 nitrogen and oxygen atoms in total. The van der Waals surface area contributed by atoms with Crippen LogP contribution in [0.15, 0.2) is 16.5 Å². The van der Waals surface area contributed by atoms with Crippen molar-refractivity contribution >= 4 is 5.91 Å². The first kappa shape index (κ1) is 15.1. The molecule has 1 fully saturated rings. The average molecular weight is 279 g/mol. The molecule has 1 aliphatic rings. The summed E-state index contributed by atoms with van der Waals surface area (Å²) >= 11 is 0. The highest BCUT2D eigenvalue weighted by atomic mass is 16.3. The van der Waals surface area contributed by atoms with Crippen LogP contribution in [-0.2, 0) is 11.2 Å². The number of carbonyl (C=O) groups is 1. The lowest BCUT2D eigenvalue weighted by molar-refractivity contribution is -0.133. The smallest absolute Gasteiger partial charge is 0.223 e. The molecule has 20 heavy (non-hydrogen) atoms. The summed E-state index contributed by atoms with van der Waals surface area (Å²) in [7, 11) is 0. The Hall–Kier alpha value is -1.29. The van der Waals surface area contributed by atoms with Crippen LogP contribution in [0.25, 0.3) is 0 Å². The van der Waals surface area contributed by atoms with Crippen LogP contribution in [0.4, 0.5) is 0 Å². The maximum Gasteiger partial charge on any atom is 0.223 e. The zero-order valence-corrected chi connectivity index (χ0v) is 12.6. The zero-order valence-electron chi connectivity index (χ0n) is 12.6. The largest absolute Gasteiger partial charge is 0.466 e. The first-order chi connectivity index (χ1) is 9.52. The number of amides is 1. The lowest BCUT2D eigenvalue weighted by Gasteiger charge is -2.25. The number of rotatable bonds is 7. The van der Waals surface area contributed by atoms with E-state index in [1.165, 1.54) is 6.42 Å². The van der Waals surface area contributed by atoms with Crippen LogP contribution in [0, 0.1) is 5.92 Å². The van der Waals surface area contributed by atoms with Gasteiger partial charge in [-0.15, -0.1) is 0 Å². The second kappa shape index (κ2) is 6.44. The van der Waals surface area contributed by atoms with Gasteiger partial charge in [0, 0.05) is 31.3 Å². The van der Waals surface area contributed by atoms with Gasteiger partial charge in [0.25, 0.3) is 0 Å². The van der Waals surface area contributed by atoms with Crippen molar-refractivity contribution in [3.05, 3.63) is 23.7 Å². The molecule has 0 aromatic carbocycles. The molecule has 4 heteroatoms. The van der Waals surface area contributed by atoms with Crippen LogP contribution in [0.2, 0.25) is 0 Å². The number of furan rings is 1. The molecule has 1 aromatic rings. The second-order valence-corrected chi connectivity index (χ2v) is 6.03. The molecule has 0 aliphatic heterocycles. The van der Waals surface area contributed by atoms with Crippen molar-refractivity contribution in [2.24, 2.45) is 5.92 Å². The maximum absolute atomic E-state index is 12.1. The van der Waals surface area contributed by atoms with Crippen molar-refractivity contribution in [2.45, 2.75) is 52.0 Å². The van der Waals surface area contributed by atoms with Crippen LogP contribution < -0.4 is 0 Å². The quantitative estimate of drug-likeness (QED) is 0.834. The van der Waals surface area contributed by atoms with Gasteiger partial charge in [-0.25, -0.2) is 0 Å². The number of aliphatic hydroxyl groups excluding tert-OH is 1. The normalized spacial score (nSPS) is 21.2. The van der Waals surface area contributed by atoms with Crippen LogP contribution in [0.5, 0.6) is 0 Å². The molecule has 0 spiro atoms. The summed E-state index contributed by atoms with van der Waals surface area (Å²) in [4.78, 5) is 13.8. The van der Waals surface area contributed by atoms with Crippen molar-refractivity contribution in [1.82, 2.24) is 4.90 Å². The third-order valence-electron chi connectivity index (χ3n) is 4.03. The van der Waals surface area contributed by atoms with Gasteiger partial charge in [-0.3, -0.25) is 4.79 Å². The minimum absolute atomic E-state index is 0.00832. The number of aryl methyl sites for hydroxylation is 1. The molecular weight excluding hydrogens is 254 g/mol. The summed E-state index contributed by atoms with van der Waals surface area (Å²) in [5.41, 5.74) is 0. The highest BCUT2D eigenvalue weighted by Crippen LogP contribution is 2.47. The predicted molar refractivity (Wildman–Crippen MR) is 77.5 cm³/mol. The van der Waals surface area contributed by atoms with E-state index in [1.807, 2.05) is 26.0 Å². The third kappa shape index (κ3) is 3.63. The van der Waals surface area contributed by atoms with Gasteiger partial charge in [0.15, 0.2) is 0 Å². The predicted octanol–water partition coefficient (Wildman–Crippen LogP) is 2.56. The molecule has 2 atom stereocenters. The molecule has 1 aliphatic carbocycles. The summed E-state index contributed by atoms with van der Waals surface area (Å²) < 4.78 is 5.81. The summed E-state index contributed by atoms with van der Waals surface area (Å²) in [6.45, 7) is 6.57. The van der Waals surface area contributed by atoms with Gasteiger partial charge in [0.2, 0.25) is 5.91 Å². The molecule has 0 radical (unpaired) electrons. The Bertz CT molecular complexity index is 452. The van der Waals surface area contributed by atoms with E-state index >= 15 is 0 Å². The Morgan fingerprint density at radius 2 is 2.20 bits per heavy atom. The standard InChI is InChI=1S/C16H25NO3/c1-11(2)17(8-9-18)16(19)7-5-13-4-6-15(20-13)14-10-12(14)3/h4,6,11-12,14,18H,5,7-10H2,1-3H3. The molecule has 1 N–H and O–H groups in total. The van der Waals surface area contributed by atoms with Gasteiger partial charge in [-0.2, -0.15) is 0 Å². The number of carbonyl (C=O) groups excluding carboxylic acids is 1. The van der Waals surface area contributed by atoms with E-state index in [1.54, 1.807) is 4.90 Å². The van der Waals surface area contributed by atoms with E-state index < -0.39 is 0 Å². The Kier molecular flexibility index (Phi) is 4.86. The molecule has 1 heterocycles. The number of aliphatic hydroxyl groups is 1. The molecule has 2 rings (SSSR count). The lowest BCUT2D eigenvalue weighted by Crippen LogP contribution is -2.39. The summed E-state index contributed by atoms with van der Waals surface area (Å²) in [5, 5.41) is 9.00. The highest BCUT2D eigenvalue weighted by Gasteiger charge is 2.36. The van der Waals surface area contributed by atoms with Gasteiger partial charge in [0.05, 0.1) is 6.61 Å². The molecule has 112 valence electrons. The molecule has 0 bridgehead atoms. The van der Waals surface area contributed by atoms with E-state index in [2.05, 4.69) is 6.92 Å². The maximum atomic E-state index is 12.1. The van der Waals surface area contributed by atoms with Gasteiger partial charge >= 0.3 is 0 Å². The summed E-state index contributed by atoms with van der Waals surface area (Å²) in [6, 6.07) is 4.15. The number of hydrogen-bond donors (Lipinski definition) is 1. The lowest BCUT2D eigenvalue weighted by atomic mass is 10.2. The Morgan fingerprint density at radius 3 is 2.75 bits per heavy atom. The first-order valence-electron chi connectivity index (χ1n) is 7.51. The molecule has 1 saturated carbocycles. The van der Waals surface area contributed by atoms with Gasteiger partial charge in [-0.1, -0.05) is 6.92 Å². The van der Waals surface area contributed by atoms with Crippen molar-refractivity contribution < 1.29 is 14.3 Å². The molecule has 0 saturated heterocycles.